The van der Waals surface area contributed by atoms with Gasteiger partial charge in [0.15, 0.2) is 0 Å². The van der Waals surface area contributed by atoms with E-state index in [0.717, 1.165) is 50.6 Å². The van der Waals surface area contributed by atoms with Crippen molar-refractivity contribution in [2.75, 3.05) is 44.4 Å². The number of fused-ring (bicyclic) bond motifs is 1. The second-order valence-corrected chi connectivity index (χ2v) is 13.6. The molecule has 38 heavy (non-hydrogen) atoms. The molecule has 2 fully saturated rings. The molecule has 5 rings (SSSR count). The molecule has 3 aliphatic heterocycles. The third-order valence-electron chi connectivity index (χ3n) is 8.29. The summed E-state index contributed by atoms with van der Waals surface area (Å²) < 4.78 is 6.58. The predicted octanol–water partition coefficient (Wildman–Crippen LogP) is 5.74. The summed E-state index contributed by atoms with van der Waals surface area (Å²) in [6.07, 6.45) is 4.10. The van der Waals surface area contributed by atoms with Gasteiger partial charge in [-0.2, -0.15) is 0 Å². The summed E-state index contributed by atoms with van der Waals surface area (Å²) >= 11 is 7.89. The molecule has 206 valence electrons. The fourth-order valence-electron chi connectivity index (χ4n) is 5.96. The number of carbonyl (C=O) groups is 1. The molecule has 0 bridgehead atoms. The zero-order chi connectivity index (χ0) is 26.9. The van der Waals surface area contributed by atoms with Crippen LogP contribution in [-0.4, -0.2) is 60.7 Å². The molecule has 8 heteroatoms. The Morgan fingerprint density at radius 1 is 1.13 bits per heavy atom. The zero-order valence-corrected chi connectivity index (χ0v) is 24.4. The predicted molar refractivity (Wildman–Crippen MR) is 156 cm³/mol. The Kier molecular flexibility index (Phi) is 8.32. The minimum absolute atomic E-state index is 0.0413. The largest absolute Gasteiger partial charge is 0.350 e. The van der Waals surface area contributed by atoms with E-state index in [9.17, 15) is 4.79 Å². The molecule has 2 atom stereocenters. The van der Waals surface area contributed by atoms with Gasteiger partial charge in [-0.25, -0.2) is 0 Å². The summed E-state index contributed by atoms with van der Waals surface area (Å²) in [6, 6.07) is 16.7. The van der Waals surface area contributed by atoms with Gasteiger partial charge < -0.3 is 25.2 Å². The molecular formula is C30H41ClN4O2S. The molecule has 1 amide bonds. The zero-order valence-electron chi connectivity index (χ0n) is 22.9. The topological polar surface area (TPSA) is 62.0 Å². The number of rotatable bonds is 6. The first-order valence-electron chi connectivity index (χ1n) is 13.8. The number of likely N-dealkylation sites (tertiary alicyclic amines) is 1. The highest BCUT2D eigenvalue weighted by Crippen LogP contribution is 2.43. The van der Waals surface area contributed by atoms with Gasteiger partial charge in [0.25, 0.3) is 0 Å². The first kappa shape index (κ1) is 27.8. The van der Waals surface area contributed by atoms with Gasteiger partial charge in [0.2, 0.25) is 5.91 Å². The number of halogens is 1. The van der Waals surface area contributed by atoms with Gasteiger partial charge in [-0.05, 0) is 68.5 Å². The standard InChI is InChI=1S/C30H41ClN4O2S/c1-29(2,3)27(36)34-18-14-30(37-21-34,23-7-5-4-6-8-23)13-17-33-15-11-22(12-16-33)20-35-25-10-9-24(31)19-26(25)38-28(35)32/h4-10,19,22,28H,11-18,20-21,32H2,1-3H3. The monoisotopic (exact) mass is 556 g/mol. The van der Waals surface area contributed by atoms with Crippen LogP contribution in [0.2, 0.25) is 5.02 Å². The smallest absolute Gasteiger partial charge is 0.229 e. The molecule has 3 heterocycles. The SMILES string of the molecule is CC(C)(C)C(=O)N1CCC(CCN2CCC(CN3c4ccc(Cl)cc4SC3N)CC2)(c2ccccc2)OC1. The Hall–Kier alpha value is -1.77. The van der Waals surface area contributed by atoms with E-state index < -0.39 is 5.41 Å². The Morgan fingerprint density at radius 3 is 2.53 bits per heavy atom. The number of hydrogen-bond acceptors (Lipinski definition) is 6. The number of piperidine rings is 1. The lowest BCUT2D eigenvalue weighted by molar-refractivity contribution is -0.175. The van der Waals surface area contributed by atoms with Crippen LogP contribution in [0.1, 0.15) is 52.0 Å². The van der Waals surface area contributed by atoms with E-state index >= 15 is 0 Å². The lowest BCUT2D eigenvalue weighted by atomic mass is 9.84. The van der Waals surface area contributed by atoms with E-state index in [1.165, 1.54) is 29.0 Å². The molecule has 2 saturated heterocycles. The fraction of sp³-hybridized carbons (Fsp3) is 0.567. The number of anilines is 1. The first-order valence-corrected chi connectivity index (χ1v) is 15.1. The summed E-state index contributed by atoms with van der Waals surface area (Å²) in [4.78, 5) is 20.8. The summed E-state index contributed by atoms with van der Waals surface area (Å²) in [5.41, 5.74) is 8.12. The van der Waals surface area contributed by atoms with E-state index in [-0.39, 0.29) is 17.0 Å². The van der Waals surface area contributed by atoms with Crippen molar-refractivity contribution in [3.8, 4) is 0 Å². The quantitative estimate of drug-likeness (QED) is 0.489. The van der Waals surface area contributed by atoms with Crippen molar-refractivity contribution in [2.24, 2.45) is 17.1 Å². The Bertz CT molecular complexity index is 1110. The maximum absolute atomic E-state index is 12.8. The normalized spacial score (nSPS) is 25.0. The first-order chi connectivity index (χ1) is 18.1. The molecule has 2 aromatic rings. The van der Waals surface area contributed by atoms with Crippen LogP contribution in [0.25, 0.3) is 0 Å². The van der Waals surface area contributed by atoms with Gasteiger partial charge in [-0.15, -0.1) is 0 Å². The van der Waals surface area contributed by atoms with Gasteiger partial charge in [0.05, 0.1) is 11.3 Å². The second-order valence-electron chi connectivity index (χ2n) is 12.0. The number of carbonyl (C=O) groups excluding carboxylic acids is 1. The molecule has 2 N–H and O–H groups in total. The number of amides is 1. The average Bonchev–Trinajstić information content (AvgIpc) is 3.21. The van der Waals surface area contributed by atoms with Crippen LogP contribution in [-0.2, 0) is 15.1 Å². The van der Waals surface area contributed by atoms with Crippen molar-refractivity contribution < 1.29 is 9.53 Å². The highest BCUT2D eigenvalue weighted by atomic mass is 35.5. The van der Waals surface area contributed by atoms with Crippen LogP contribution in [0.5, 0.6) is 0 Å². The molecule has 0 aromatic heterocycles. The molecule has 0 radical (unpaired) electrons. The number of nitrogens with zero attached hydrogens (tertiary/aromatic N) is 3. The third kappa shape index (κ3) is 6.02. The summed E-state index contributed by atoms with van der Waals surface area (Å²) in [5, 5.41) is 0.766. The minimum Gasteiger partial charge on any atom is -0.350 e. The Labute approximate surface area is 236 Å². The molecule has 2 unspecified atom stereocenters. The van der Waals surface area contributed by atoms with Gasteiger partial charge in [0, 0.05) is 35.0 Å². The van der Waals surface area contributed by atoms with Crippen molar-refractivity contribution in [2.45, 2.75) is 62.4 Å². The Balaban J connectivity index is 1.17. The molecule has 2 aromatic carbocycles. The van der Waals surface area contributed by atoms with Gasteiger partial charge in [0.1, 0.15) is 12.2 Å². The van der Waals surface area contributed by atoms with Crippen molar-refractivity contribution >= 4 is 35.0 Å². The summed E-state index contributed by atoms with van der Waals surface area (Å²) in [7, 11) is 0. The van der Waals surface area contributed by atoms with Crippen LogP contribution >= 0.6 is 23.4 Å². The van der Waals surface area contributed by atoms with Crippen molar-refractivity contribution in [1.29, 1.82) is 0 Å². The lowest BCUT2D eigenvalue weighted by Crippen LogP contribution is -2.51. The average molecular weight is 557 g/mol. The minimum atomic E-state index is -0.396. The second kappa shape index (κ2) is 11.4. The third-order valence-corrected chi connectivity index (χ3v) is 9.60. The van der Waals surface area contributed by atoms with Crippen LogP contribution in [0, 0.1) is 11.3 Å². The van der Waals surface area contributed by atoms with E-state index in [2.05, 4.69) is 46.2 Å². The fourth-order valence-corrected chi connectivity index (χ4v) is 7.29. The van der Waals surface area contributed by atoms with E-state index in [4.69, 9.17) is 22.1 Å². The Morgan fingerprint density at radius 2 is 1.87 bits per heavy atom. The van der Waals surface area contributed by atoms with Gasteiger partial charge >= 0.3 is 0 Å². The number of nitrogens with two attached hydrogens (primary N) is 1. The number of ether oxygens (including phenoxy) is 1. The molecule has 6 nitrogen and oxygen atoms in total. The highest BCUT2D eigenvalue weighted by molar-refractivity contribution is 8.00. The molecule has 0 spiro atoms. The van der Waals surface area contributed by atoms with E-state index in [1.807, 2.05) is 37.8 Å². The van der Waals surface area contributed by atoms with Crippen LogP contribution in [0.3, 0.4) is 0 Å². The lowest BCUT2D eigenvalue weighted by Gasteiger charge is -2.45. The molecule has 0 saturated carbocycles. The highest BCUT2D eigenvalue weighted by Gasteiger charge is 2.41. The van der Waals surface area contributed by atoms with Crippen molar-refractivity contribution in [3.63, 3.8) is 0 Å². The molecular weight excluding hydrogens is 516 g/mol. The van der Waals surface area contributed by atoms with Gasteiger partial charge in [-0.1, -0.05) is 74.5 Å². The van der Waals surface area contributed by atoms with E-state index in [0.29, 0.717) is 12.6 Å². The van der Waals surface area contributed by atoms with Gasteiger partial charge in [-0.3, -0.25) is 4.79 Å². The molecule has 3 aliphatic rings. The number of hydrogen-bond donors (Lipinski definition) is 1. The maximum Gasteiger partial charge on any atom is 0.229 e. The van der Waals surface area contributed by atoms with Crippen LogP contribution < -0.4 is 10.6 Å². The number of benzene rings is 2. The van der Waals surface area contributed by atoms with Crippen LogP contribution in [0.15, 0.2) is 53.4 Å². The van der Waals surface area contributed by atoms with Crippen LogP contribution in [0.4, 0.5) is 5.69 Å². The summed E-state index contributed by atoms with van der Waals surface area (Å²) in [6.45, 7) is 11.2. The summed E-state index contributed by atoms with van der Waals surface area (Å²) in [5.74, 6) is 0.786. The maximum atomic E-state index is 12.8. The number of thioether (sulfide) groups is 1. The van der Waals surface area contributed by atoms with Crippen molar-refractivity contribution in [3.05, 3.63) is 59.1 Å². The van der Waals surface area contributed by atoms with Crippen molar-refractivity contribution in [1.82, 2.24) is 9.80 Å². The molecule has 0 aliphatic carbocycles. The van der Waals surface area contributed by atoms with E-state index in [1.54, 1.807) is 11.8 Å².